The zero-order chi connectivity index (χ0) is 7.94. The van der Waals surface area contributed by atoms with Crippen LogP contribution in [0.1, 0.15) is 32.1 Å². The molecule has 0 unspecified atom stereocenters. The highest BCUT2D eigenvalue weighted by atomic mass is 16.5. The molecule has 2 N–H and O–H groups in total. The van der Waals surface area contributed by atoms with E-state index in [9.17, 15) is 0 Å². The molecule has 0 radical (unpaired) electrons. The Balaban J connectivity index is 1.86. The highest BCUT2D eigenvalue weighted by Gasteiger charge is 2.13. The molecule has 1 rings (SSSR count). The van der Waals surface area contributed by atoms with E-state index in [1.54, 1.807) is 0 Å². The third-order valence-electron chi connectivity index (χ3n) is 2.41. The molecule has 0 spiro atoms. The van der Waals surface area contributed by atoms with Gasteiger partial charge in [0, 0.05) is 13.2 Å². The van der Waals surface area contributed by atoms with Gasteiger partial charge in [-0.15, -0.1) is 0 Å². The van der Waals surface area contributed by atoms with Crippen molar-refractivity contribution in [2.75, 3.05) is 19.8 Å². The second-order valence-electron chi connectivity index (χ2n) is 3.34. The fourth-order valence-corrected chi connectivity index (χ4v) is 1.73. The smallest absolute Gasteiger partial charge is 0.0588 e. The van der Waals surface area contributed by atoms with Crippen molar-refractivity contribution >= 4 is 0 Å². The van der Waals surface area contributed by atoms with Crippen LogP contribution in [-0.4, -0.2) is 19.8 Å². The average Bonchev–Trinajstić information content (AvgIpc) is 2.50. The molecule has 0 amide bonds. The summed E-state index contributed by atoms with van der Waals surface area (Å²) in [4.78, 5) is 0. The van der Waals surface area contributed by atoms with E-state index in [2.05, 4.69) is 0 Å². The fraction of sp³-hybridized carbons (Fsp3) is 1.00. The maximum atomic E-state index is 5.32. The van der Waals surface area contributed by atoms with Gasteiger partial charge in [-0.05, 0) is 12.3 Å². The van der Waals surface area contributed by atoms with E-state index < -0.39 is 0 Å². The molecule has 0 bridgehead atoms. The minimum atomic E-state index is 0.657. The van der Waals surface area contributed by atoms with Crippen LogP contribution in [0.4, 0.5) is 0 Å². The summed E-state index contributed by atoms with van der Waals surface area (Å²) < 4.78 is 5.32. The van der Waals surface area contributed by atoms with Gasteiger partial charge in [0.05, 0.1) is 6.61 Å². The van der Waals surface area contributed by atoms with Gasteiger partial charge in [-0.25, -0.2) is 0 Å². The van der Waals surface area contributed by atoms with Gasteiger partial charge in [-0.2, -0.15) is 0 Å². The zero-order valence-corrected chi connectivity index (χ0v) is 7.22. The van der Waals surface area contributed by atoms with E-state index in [0.29, 0.717) is 6.54 Å². The van der Waals surface area contributed by atoms with E-state index in [1.807, 2.05) is 0 Å². The SMILES string of the molecule is NCCOCCC1CCCC1. The highest BCUT2D eigenvalue weighted by Crippen LogP contribution is 2.27. The van der Waals surface area contributed by atoms with Gasteiger partial charge in [0.2, 0.25) is 0 Å². The molecular weight excluding hydrogens is 138 g/mol. The summed E-state index contributed by atoms with van der Waals surface area (Å²) in [6.07, 6.45) is 6.96. The highest BCUT2D eigenvalue weighted by molar-refractivity contribution is 4.66. The molecule has 0 aromatic rings. The van der Waals surface area contributed by atoms with E-state index in [0.717, 1.165) is 19.1 Å². The molecule has 66 valence electrons. The second kappa shape index (κ2) is 5.56. The Morgan fingerprint density at radius 2 is 1.91 bits per heavy atom. The van der Waals surface area contributed by atoms with Gasteiger partial charge in [0.15, 0.2) is 0 Å². The summed E-state index contributed by atoms with van der Waals surface area (Å²) in [5.41, 5.74) is 5.30. The van der Waals surface area contributed by atoms with E-state index >= 15 is 0 Å². The van der Waals surface area contributed by atoms with Crippen LogP contribution in [0.2, 0.25) is 0 Å². The van der Waals surface area contributed by atoms with Crippen molar-refractivity contribution in [3.8, 4) is 0 Å². The molecule has 1 aliphatic rings. The first-order valence-electron chi connectivity index (χ1n) is 4.71. The minimum absolute atomic E-state index is 0.657. The lowest BCUT2D eigenvalue weighted by Gasteiger charge is -2.07. The predicted molar refractivity (Wildman–Crippen MR) is 46.4 cm³/mol. The molecule has 0 aromatic heterocycles. The van der Waals surface area contributed by atoms with Crippen molar-refractivity contribution in [2.45, 2.75) is 32.1 Å². The van der Waals surface area contributed by atoms with Crippen LogP contribution in [0.15, 0.2) is 0 Å². The predicted octanol–water partition coefficient (Wildman–Crippen LogP) is 1.54. The summed E-state index contributed by atoms with van der Waals surface area (Å²) in [5.74, 6) is 0.952. The van der Waals surface area contributed by atoms with E-state index in [1.165, 1.54) is 32.1 Å². The molecule has 1 aliphatic carbocycles. The van der Waals surface area contributed by atoms with Crippen LogP contribution in [0.3, 0.4) is 0 Å². The average molecular weight is 157 g/mol. The molecule has 0 heterocycles. The molecule has 2 heteroatoms. The molecule has 2 nitrogen and oxygen atoms in total. The van der Waals surface area contributed by atoms with Gasteiger partial charge < -0.3 is 10.5 Å². The second-order valence-corrected chi connectivity index (χ2v) is 3.34. The molecule has 11 heavy (non-hydrogen) atoms. The Morgan fingerprint density at radius 1 is 1.18 bits per heavy atom. The lowest BCUT2D eigenvalue weighted by atomic mass is 10.1. The van der Waals surface area contributed by atoms with Gasteiger partial charge >= 0.3 is 0 Å². The number of nitrogens with two attached hydrogens (primary N) is 1. The Hall–Kier alpha value is -0.0800. The van der Waals surface area contributed by atoms with Crippen LogP contribution >= 0.6 is 0 Å². The quantitative estimate of drug-likeness (QED) is 0.614. The summed E-state index contributed by atoms with van der Waals surface area (Å²) in [7, 11) is 0. The first-order chi connectivity index (χ1) is 5.43. The molecule has 1 saturated carbocycles. The van der Waals surface area contributed by atoms with Crippen molar-refractivity contribution in [1.29, 1.82) is 0 Å². The third kappa shape index (κ3) is 3.73. The molecule has 0 aliphatic heterocycles. The van der Waals surface area contributed by atoms with Gasteiger partial charge in [-0.1, -0.05) is 25.7 Å². The number of hydrogen-bond donors (Lipinski definition) is 1. The number of ether oxygens (including phenoxy) is 1. The van der Waals surface area contributed by atoms with Crippen LogP contribution in [0.25, 0.3) is 0 Å². The molecule has 1 fully saturated rings. The Bertz CT molecular complexity index is 89.6. The van der Waals surface area contributed by atoms with Gasteiger partial charge in [-0.3, -0.25) is 0 Å². The molecule has 0 saturated heterocycles. The summed E-state index contributed by atoms with van der Waals surface area (Å²) in [5, 5.41) is 0. The lowest BCUT2D eigenvalue weighted by molar-refractivity contribution is 0.127. The normalized spacial score (nSPS) is 19.4. The maximum Gasteiger partial charge on any atom is 0.0588 e. The number of hydrogen-bond acceptors (Lipinski definition) is 2. The third-order valence-corrected chi connectivity index (χ3v) is 2.41. The van der Waals surface area contributed by atoms with Crippen LogP contribution in [0.5, 0.6) is 0 Å². The Labute approximate surface area is 69.1 Å². The number of rotatable bonds is 5. The Kier molecular flexibility index (Phi) is 4.55. The van der Waals surface area contributed by atoms with Crippen molar-refractivity contribution in [1.82, 2.24) is 0 Å². The monoisotopic (exact) mass is 157 g/mol. The first-order valence-corrected chi connectivity index (χ1v) is 4.71. The topological polar surface area (TPSA) is 35.2 Å². The van der Waals surface area contributed by atoms with Crippen molar-refractivity contribution < 1.29 is 4.74 Å². The van der Waals surface area contributed by atoms with Gasteiger partial charge in [0.25, 0.3) is 0 Å². The fourth-order valence-electron chi connectivity index (χ4n) is 1.73. The van der Waals surface area contributed by atoms with Crippen LogP contribution < -0.4 is 5.73 Å². The van der Waals surface area contributed by atoms with Gasteiger partial charge in [0.1, 0.15) is 0 Å². The maximum absolute atomic E-state index is 5.32. The zero-order valence-electron chi connectivity index (χ0n) is 7.22. The van der Waals surface area contributed by atoms with E-state index in [-0.39, 0.29) is 0 Å². The largest absolute Gasteiger partial charge is 0.380 e. The summed E-state index contributed by atoms with van der Waals surface area (Å²) >= 11 is 0. The van der Waals surface area contributed by atoms with E-state index in [4.69, 9.17) is 10.5 Å². The van der Waals surface area contributed by atoms with Crippen LogP contribution in [0, 0.1) is 5.92 Å². The molecular formula is C9H19NO. The molecule has 0 atom stereocenters. The van der Waals surface area contributed by atoms with Crippen molar-refractivity contribution in [3.63, 3.8) is 0 Å². The van der Waals surface area contributed by atoms with Crippen LogP contribution in [-0.2, 0) is 4.74 Å². The minimum Gasteiger partial charge on any atom is -0.380 e. The van der Waals surface area contributed by atoms with Crippen molar-refractivity contribution in [2.24, 2.45) is 11.7 Å². The Morgan fingerprint density at radius 3 is 2.55 bits per heavy atom. The summed E-state index contributed by atoms with van der Waals surface area (Å²) in [6.45, 7) is 2.30. The molecule has 0 aromatic carbocycles. The lowest BCUT2D eigenvalue weighted by Crippen LogP contribution is -2.10. The first kappa shape index (κ1) is 9.01. The van der Waals surface area contributed by atoms with Crippen molar-refractivity contribution in [3.05, 3.63) is 0 Å². The standard InChI is InChI=1S/C9H19NO/c10-6-8-11-7-5-9-3-1-2-4-9/h9H,1-8,10H2. The summed E-state index contributed by atoms with van der Waals surface area (Å²) in [6, 6.07) is 0.